The molecule has 0 saturated heterocycles. The molecule has 0 radical (unpaired) electrons. The summed E-state index contributed by atoms with van der Waals surface area (Å²) in [5, 5.41) is 11.0. The number of nitrogens with one attached hydrogen (secondary N) is 2. The Morgan fingerprint density at radius 1 is 1.04 bits per heavy atom. The maximum absolute atomic E-state index is 12.1. The van der Waals surface area contributed by atoms with Crippen molar-refractivity contribution in [2.75, 3.05) is 6.26 Å². The van der Waals surface area contributed by atoms with Gasteiger partial charge in [0.15, 0.2) is 0 Å². The summed E-state index contributed by atoms with van der Waals surface area (Å²) in [6, 6.07) is 12.5. The van der Waals surface area contributed by atoms with Gasteiger partial charge in [0.25, 0.3) is 17.5 Å². The van der Waals surface area contributed by atoms with Gasteiger partial charge in [-0.1, -0.05) is 18.2 Å². The van der Waals surface area contributed by atoms with Gasteiger partial charge < -0.3 is 0 Å². The first-order valence-corrected chi connectivity index (χ1v) is 7.73. The molecule has 0 bridgehead atoms. The third-order valence-electron chi connectivity index (χ3n) is 2.97. The Morgan fingerprint density at radius 2 is 1.70 bits per heavy atom. The molecule has 0 unspecified atom stereocenters. The standard InChI is InChI=1S/C15H13N3O4S/c1-23-11-7-8-13(18(21)22)12(9-11)15(20)17-16-14(19)10-5-3-2-4-6-10/h2-9H,1H3,(H,16,19)(H,17,20). The minimum absolute atomic E-state index is 0.116. The van der Waals surface area contributed by atoms with Crippen molar-refractivity contribution in [2.45, 2.75) is 4.90 Å². The van der Waals surface area contributed by atoms with Crippen molar-refractivity contribution in [3.8, 4) is 0 Å². The summed E-state index contributed by atoms with van der Waals surface area (Å²) in [5.74, 6) is -1.26. The van der Waals surface area contributed by atoms with Crippen LogP contribution in [-0.2, 0) is 0 Å². The Hall–Kier alpha value is -2.87. The summed E-state index contributed by atoms with van der Waals surface area (Å²) in [6.45, 7) is 0. The van der Waals surface area contributed by atoms with Gasteiger partial charge >= 0.3 is 0 Å². The number of rotatable bonds is 4. The number of hydrogen-bond donors (Lipinski definition) is 2. The second kappa shape index (κ2) is 7.41. The summed E-state index contributed by atoms with van der Waals surface area (Å²) in [6.07, 6.45) is 1.79. The Kier molecular flexibility index (Phi) is 5.32. The highest BCUT2D eigenvalue weighted by Gasteiger charge is 2.21. The van der Waals surface area contributed by atoms with Gasteiger partial charge in [-0.05, 0) is 30.5 Å². The van der Waals surface area contributed by atoms with E-state index in [2.05, 4.69) is 10.9 Å². The molecule has 0 aromatic heterocycles. The summed E-state index contributed by atoms with van der Waals surface area (Å²) in [5.41, 5.74) is 4.35. The van der Waals surface area contributed by atoms with Crippen LogP contribution in [0.2, 0.25) is 0 Å². The van der Waals surface area contributed by atoms with Gasteiger partial charge in [0.2, 0.25) is 0 Å². The second-order valence-corrected chi connectivity index (χ2v) is 5.29. The molecule has 118 valence electrons. The molecule has 0 aliphatic rings. The molecular formula is C15H13N3O4S. The maximum Gasteiger partial charge on any atom is 0.282 e. The average Bonchev–Trinajstić information content (AvgIpc) is 2.59. The van der Waals surface area contributed by atoms with Crippen LogP contribution >= 0.6 is 11.8 Å². The summed E-state index contributed by atoms with van der Waals surface area (Å²) in [4.78, 5) is 35.1. The molecule has 2 N–H and O–H groups in total. The number of carbonyl (C=O) groups is 2. The van der Waals surface area contributed by atoms with Crippen LogP contribution in [0.1, 0.15) is 20.7 Å². The Bertz CT molecular complexity index is 750. The van der Waals surface area contributed by atoms with Crippen LogP contribution in [0.25, 0.3) is 0 Å². The molecule has 2 aromatic carbocycles. The molecule has 0 spiro atoms. The van der Waals surface area contributed by atoms with Crippen molar-refractivity contribution < 1.29 is 14.5 Å². The smallest absolute Gasteiger partial charge is 0.267 e. The number of hydrazine groups is 1. The molecule has 2 aromatic rings. The molecule has 0 fully saturated rings. The topological polar surface area (TPSA) is 101 Å². The predicted octanol–water partition coefficient (Wildman–Crippen LogP) is 2.39. The van der Waals surface area contributed by atoms with Crippen LogP contribution in [-0.4, -0.2) is 23.0 Å². The molecule has 0 atom stereocenters. The summed E-state index contributed by atoms with van der Waals surface area (Å²) < 4.78 is 0. The van der Waals surface area contributed by atoms with E-state index in [-0.39, 0.29) is 11.3 Å². The van der Waals surface area contributed by atoms with Crippen LogP contribution in [0.5, 0.6) is 0 Å². The quantitative estimate of drug-likeness (QED) is 0.509. The molecule has 7 nitrogen and oxygen atoms in total. The fraction of sp³-hybridized carbons (Fsp3) is 0.0667. The van der Waals surface area contributed by atoms with Gasteiger partial charge in [0, 0.05) is 16.5 Å². The van der Waals surface area contributed by atoms with Crippen molar-refractivity contribution in [1.29, 1.82) is 0 Å². The van der Waals surface area contributed by atoms with E-state index < -0.39 is 16.7 Å². The van der Waals surface area contributed by atoms with E-state index in [0.29, 0.717) is 10.5 Å². The lowest BCUT2D eigenvalue weighted by molar-refractivity contribution is -0.385. The summed E-state index contributed by atoms with van der Waals surface area (Å²) in [7, 11) is 0. The van der Waals surface area contributed by atoms with E-state index in [4.69, 9.17) is 0 Å². The zero-order valence-electron chi connectivity index (χ0n) is 12.1. The Balaban J connectivity index is 2.14. The number of nitrogens with zero attached hydrogens (tertiary/aromatic N) is 1. The lowest BCUT2D eigenvalue weighted by Gasteiger charge is -2.08. The molecular weight excluding hydrogens is 318 g/mol. The molecule has 0 heterocycles. The fourth-order valence-corrected chi connectivity index (χ4v) is 2.27. The van der Waals surface area contributed by atoms with Crippen molar-refractivity contribution >= 4 is 29.3 Å². The fourth-order valence-electron chi connectivity index (χ4n) is 1.83. The molecule has 0 aliphatic carbocycles. The minimum Gasteiger partial charge on any atom is -0.267 e. The van der Waals surface area contributed by atoms with Gasteiger partial charge in [-0.3, -0.25) is 30.6 Å². The molecule has 0 saturated carbocycles. The van der Waals surface area contributed by atoms with Crippen LogP contribution < -0.4 is 10.9 Å². The molecule has 8 heteroatoms. The van der Waals surface area contributed by atoms with E-state index in [0.717, 1.165) is 0 Å². The van der Waals surface area contributed by atoms with Gasteiger partial charge in [-0.25, -0.2) is 0 Å². The third kappa shape index (κ3) is 4.07. The number of nitro groups is 1. The highest BCUT2D eigenvalue weighted by atomic mass is 32.2. The van der Waals surface area contributed by atoms with Crippen molar-refractivity contribution in [3.63, 3.8) is 0 Å². The SMILES string of the molecule is CSc1ccc([N+](=O)[O-])c(C(=O)NNC(=O)c2ccccc2)c1. The number of carbonyl (C=O) groups excluding carboxylic acids is 2. The van der Waals surface area contributed by atoms with E-state index in [1.54, 1.807) is 42.7 Å². The van der Waals surface area contributed by atoms with E-state index in [1.807, 2.05) is 0 Å². The highest BCUT2D eigenvalue weighted by molar-refractivity contribution is 7.98. The van der Waals surface area contributed by atoms with Crippen molar-refractivity contribution in [3.05, 3.63) is 69.8 Å². The molecule has 2 rings (SSSR count). The number of nitro benzene ring substituents is 1. The van der Waals surface area contributed by atoms with Gasteiger partial charge in [-0.2, -0.15) is 0 Å². The number of benzene rings is 2. The monoisotopic (exact) mass is 331 g/mol. The second-order valence-electron chi connectivity index (χ2n) is 4.41. The third-order valence-corrected chi connectivity index (χ3v) is 3.70. The molecule has 0 aliphatic heterocycles. The van der Waals surface area contributed by atoms with E-state index in [9.17, 15) is 19.7 Å². The summed E-state index contributed by atoms with van der Waals surface area (Å²) >= 11 is 1.35. The first kappa shape index (κ1) is 16.5. The Morgan fingerprint density at radius 3 is 2.30 bits per heavy atom. The van der Waals surface area contributed by atoms with Crippen LogP contribution in [0, 0.1) is 10.1 Å². The minimum atomic E-state index is -0.753. The first-order chi connectivity index (χ1) is 11.0. The number of amides is 2. The van der Waals surface area contributed by atoms with E-state index in [1.165, 1.54) is 23.9 Å². The number of hydrogen-bond acceptors (Lipinski definition) is 5. The largest absolute Gasteiger partial charge is 0.282 e. The molecule has 23 heavy (non-hydrogen) atoms. The number of thioether (sulfide) groups is 1. The zero-order valence-corrected chi connectivity index (χ0v) is 12.9. The lowest BCUT2D eigenvalue weighted by atomic mass is 10.1. The van der Waals surface area contributed by atoms with E-state index >= 15 is 0 Å². The van der Waals surface area contributed by atoms with Crippen LogP contribution in [0.4, 0.5) is 5.69 Å². The van der Waals surface area contributed by atoms with Crippen molar-refractivity contribution in [1.82, 2.24) is 10.9 Å². The first-order valence-electron chi connectivity index (χ1n) is 6.51. The van der Waals surface area contributed by atoms with Gasteiger partial charge in [0.05, 0.1) is 4.92 Å². The van der Waals surface area contributed by atoms with Gasteiger partial charge in [0.1, 0.15) is 5.56 Å². The van der Waals surface area contributed by atoms with Crippen LogP contribution in [0.15, 0.2) is 53.4 Å². The van der Waals surface area contributed by atoms with Crippen molar-refractivity contribution in [2.24, 2.45) is 0 Å². The maximum atomic E-state index is 12.1. The molecule has 2 amide bonds. The highest BCUT2D eigenvalue weighted by Crippen LogP contribution is 2.24. The predicted molar refractivity (Wildman–Crippen MR) is 86.3 cm³/mol. The average molecular weight is 331 g/mol. The van der Waals surface area contributed by atoms with Crippen LogP contribution in [0.3, 0.4) is 0 Å². The zero-order chi connectivity index (χ0) is 16.8. The van der Waals surface area contributed by atoms with Gasteiger partial charge in [-0.15, -0.1) is 11.8 Å². The normalized spacial score (nSPS) is 9.96. The Labute approximate surface area is 136 Å². The lowest BCUT2D eigenvalue weighted by Crippen LogP contribution is -2.41.